The van der Waals surface area contributed by atoms with Gasteiger partial charge in [-0.1, -0.05) is 48.0 Å². The zero-order valence-electron chi connectivity index (χ0n) is 14.4. The van der Waals surface area contributed by atoms with Crippen molar-refractivity contribution in [1.29, 1.82) is 0 Å². The standard InChI is InChI=1S/C23H21N/c1-4-8-19-17(3)12-14-22-23(19)20-15-16(2)11-13-21(20)24(22)18-9-6-5-7-10-18/h4-15H,1-3H3/b8-4-. The molecule has 0 bridgehead atoms. The van der Waals surface area contributed by atoms with E-state index in [1.165, 1.54) is 44.2 Å². The monoisotopic (exact) mass is 311 g/mol. The maximum absolute atomic E-state index is 2.37. The summed E-state index contributed by atoms with van der Waals surface area (Å²) < 4.78 is 2.37. The van der Waals surface area contributed by atoms with E-state index in [9.17, 15) is 0 Å². The van der Waals surface area contributed by atoms with Crippen molar-refractivity contribution in [2.45, 2.75) is 20.8 Å². The first-order valence-corrected chi connectivity index (χ1v) is 8.43. The minimum atomic E-state index is 1.21. The number of hydrogen-bond acceptors (Lipinski definition) is 0. The van der Waals surface area contributed by atoms with Crippen LogP contribution < -0.4 is 0 Å². The molecule has 0 amide bonds. The molecule has 24 heavy (non-hydrogen) atoms. The summed E-state index contributed by atoms with van der Waals surface area (Å²) in [5.74, 6) is 0. The predicted molar refractivity (Wildman–Crippen MR) is 105 cm³/mol. The van der Waals surface area contributed by atoms with Crippen LogP contribution in [0.4, 0.5) is 0 Å². The van der Waals surface area contributed by atoms with Crippen LogP contribution in [0.15, 0.2) is 66.7 Å². The molecule has 1 heteroatoms. The van der Waals surface area contributed by atoms with E-state index in [1.54, 1.807) is 0 Å². The number of para-hydroxylation sites is 1. The molecule has 1 heterocycles. The quantitative estimate of drug-likeness (QED) is 0.402. The van der Waals surface area contributed by atoms with Gasteiger partial charge in [0.05, 0.1) is 11.0 Å². The number of nitrogens with zero attached hydrogens (tertiary/aromatic N) is 1. The lowest BCUT2D eigenvalue weighted by atomic mass is 10.0. The van der Waals surface area contributed by atoms with Crippen molar-refractivity contribution in [2.24, 2.45) is 0 Å². The molecule has 0 radical (unpaired) electrons. The molecule has 4 rings (SSSR count). The molecule has 0 N–H and O–H groups in total. The molecule has 0 aliphatic heterocycles. The number of rotatable bonds is 2. The van der Waals surface area contributed by atoms with Gasteiger partial charge < -0.3 is 4.57 Å². The van der Waals surface area contributed by atoms with Crippen molar-refractivity contribution in [3.63, 3.8) is 0 Å². The van der Waals surface area contributed by atoms with Crippen molar-refractivity contribution in [2.75, 3.05) is 0 Å². The van der Waals surface area contributed by atoms with Gasteiger partial charge in [-0.05, 0) is 62.2 Å². The van der Waals surface area contributed by atoms with Crippen molar-refractivity contribution >= 4 is 27.9 Å². The topological polar surface area (TPSA) is 4.93 Å². The minimum absolute atomic E-state index is 1.21. The fourth-order valence-electron chi connectivity index (χ4n) is 3.59. The Morgan fingerprint density at radius 3 is 2.33 bits per heavy atom. The maximum atomic E-state index is 2.37. The fraction of sp³-hybridized carbons (Fsp3) is 0.130. The van der Waals surface area contributed by atoms with E-state index >= 15 is 0 Å². The van der Waals surface area contributed by atoms with Crippen molar-refractivity contribution < 1.29 is 0 Å². The molecule has 1 nitrogen and oxygen atoms in total. The first kappa shape index (κ1) is 14.8. The molecule has 0 atom stereocenters. The molecule has 0 saturated heterocycles. The van der Waals surface area contributed by atoms with Gasteiger partial charge in [0.1, 0.15) is 0 Å². The van der Waals surface area contributed by atoms with Crippen LogP contribution in [-0.4, -0.2) is 4.57 Å². The van der Waals surface area contributed by atoms with E-state index in [2.05, 4.69) is 98.2 Å². The third-order valence-corrected chi connectivity index (χ3v) is 4.69. The first-order chi connectivity index (χ1) is 11.7. The van der Waals surface area contributed by atoms with Crippen molar-refractivity contribution in [3.8, 4) is 5.69 Å². The van der Waals surface area contributed by atoms with Crippen LogP contribution in [0.25, 0.3) is 33.6 Å². The lowest BCUT2D eigenvalue weighted by Crippen LogP contribution is -1.93. The van der Waals surface area contributed by atoms with Gasteiger partial charge in [-0.2, -0.15) is 0 Å². The molecule has 0 spiro atoms. The number of hydrogen-bond donors (Lipinski definition) is 0. The molecule has 0 saturated carbocycles. The van der Waals surface area contributed by atoms with Gasteiger partial charge in [0.25, 0.3) is 0 Å². The third-order valence-electron chi connectivity index (χ3n) is 4.69. The summed E-state index contributed by atoms with van der Waals surface area (Å²) in [5.41, 5.74) is 7.66. The lowest BCUT2D eigenvalue weighted by Gasteiger charge is -2.08. The Kier molecular flexibility index (Phi) is 3.50. The minimum Gasteiger partial charge on any atom is -0.309 e. The lowest BCUT2D eigenvalue weighted by molar-refractivity contribution is 1.18. The highest BCUT2D eigenvalue weighted by Crippen LogP contribution is 2.36. The van der Waals surface area contributed by atoms with Crippen LogP contribution in [0.2, 0.25) is 0 Å². The Morgan fingerprint density at radius 1 is 0.833 bits per heavy atom. The molecule has 0 fully saturated rings. The second kappa shape index (κ2) is 5.68. The summed E-state index contributed by atoms with van der Waals surface area (Å²) in [6, 6.07) is 21.8. The normalized spacial score (nSPS) is 11.8. The molecule has 0 aliphatic carbocycles. The van der Waals surface area contributed by atoms with E-state index in [0.29, 0.717) is 0 Å². The Hall–Kier alpha value is -2.80. The number of benzene rings is 3. The molecule has 0 unspecified atom stereocenters. The Balaban J connectivity index is 2.26. The smallest absolute Gasteiger partial charge is 0.0547 e. The van der Waals surface area contributed by atoms with E-state index in [4.69, 9.17) is 0 Å². The van der Waals surface area contributed by atoms with E-state index in [0.717, 1.165) is 0 Å². The van der Waals surface area contributed by atoms with Gasteiger partial charge in [-0.3, -0.25) is 0 Å². The van der Waals surface area contributed by atoms with Gasteiger partial charge in [-0.25, -0.2) is 0 Å². The second-order valence-corrected chi connectivity index (χ2v) is 6.38. The summed E-state index contributed by atoms with van der Waals surface area (Å²) in [6.07, 6.45) is 4.36. The van der Waals surface area contributed by atoms with Crippen LogP contribution in [-0.2, 0) is 0 Å². The van der Waals surface area contributed by atoms with E-state index < -0.39 is 0 Å². The molecule has 1 aromatic heterocycles. The number of allylic oxidation sites excluding steroid dienone is 1. The summed E-state index contributed by atoms with van der Waals surface area (Å²) in [4.78, 5) is 0. The molecule has 118 valence electrons. The number of aromatic nitrogens is 1. The molecular weight excluding hydrogens is 290 g/mol. The summed E-state index contributed by atoms with van der Waals surface area (Å²) in [7, 11) is 0. The van der Waals surface area contributed by atoms with E-state index in [1.807, 2.05) is 0 Å². The Bertz CT molecular complexity index is 1070. The van der Waals surface area contributed by atoms with Crippen LogP contribution >= 0.6 is 0 Å². The second-order valence-electron chi connectivity index (χ2n) is 6.38. The van der Waals surface area contributed by atoms with Gasteiger partial charge in [0.2, 0.25) is 0 Å². The van der Waals surface area contributed by atoms with Crippen molar-refractivity contribution in [1.82, 2.24) is 4.57 Å². The Morgan fingerprint density at radius 2 is 1.58 bits per heavy atom. The van der Waals surface area contributed by atoms with Gasteiger partial charge >= 0.3 is 0 Å². The molecular formula is C23H21N. The van der Waals surface area contributed by atoms with Crippen LogP contribution in [0.5, 0.6) is 0 Å². The predicted octanol–water partition coefficient (Wildman–Crippen LogP) is 6.43. The van der Waals surface area contributed by atoms with Gasteiger partial charge in [0, 0.05) is 16.5 Å². The van der Waals surface area contributed by atoms with Crippen LogP contribution in [0.1, 0.15) is 23.6 Å². The highest BCUT2D eigenvalue weighted by atomic mass is 15.0. The van der Waals surface area contributed by atoms with Gasteiger partial charge in [-0.15, -0.1) is 0 Å². The SMILES string of the molecule is C/C=C\c1c(C)ccc2c1c1cc(C)ccc1n2-c1ccccc1. The van der Waals surface area contributed by atoms with Crippen LogP contribution in [0.3, 0.4) is 0 Å². The van der Waals surface area contributed by atoms with Crippen molar-refractivity contribution in [3.05, 3.63) is 83.4 Å². The highest BCUT2D eigenvalue weighted by molar-refractivity contribution is 6.13. The average Bonchev–Trinajstić information content (AvgIpc) is 2.92. The van der Waals surface area contributed by atoms with Crippen LogP contribution in [0, 0.1) is 13.8 Å². The average molecular weight is 311 g/mol. The summed E-state index contributed by atoms with van der Waals surface area (Å²) in [5, 5.41) is 2.67. The van der Waals surface area contributed by atoms with Gasteiger partial charge in [0.15, 0.2) is 0 Å². The number of fused-ring (bicyclic) bond motifs is 3. The first-order valence-electron chi connectivity index (χ1n) is 8.43. The molecule has 3 aromatic carbocycles. The largest absolute Gasteiger partial charge is 0.309 e. The third kappa shape index (κ3) is 2.16. The molecule has 0 aliphatic rings. The Labute approximate surface area is 142 Å². The fourth-order valence-corrected chi connectivity index (χ4v) is 3.59. The maximum Gasteiger partial charge on any atom is 0.0547 e. The number of aryl methyl sites for hydroxylation is 2. The zero-order valence-corrected chi connectivity index (χ0v) is 14.4. The zero-order chi connectivity index (χ0) is 16.7. The highest BCUT2D eigenvalue weighted by Gasteiger charge is 2.15. The summed E-state index contributed by atoms with van der Waals surface area (Å²) in [6.45, 7) is 6.44. The van der Waals surface area contributed by atoms with E-state index in [-0.39, 0.29) is 0 Å². The summed E-state index contributed by atoms with van der Waals surface area (Å²) >= 11 is 0. The molecule has 4 aromatic rings.